The lowest BCUT2D eigenvalue weighted by Crippen LogP contribution is -2.19. The van der Waals surface area contributed by atoms with Gasteiger partial charge in [-0.3, -0.25) is 9.59 Å². The lowest BCUT2D eigenvalue weighted by Gasteiger charge is -2.16. The average Bonchev–Trinajstić information content (AvgIpc) is 3.00. The highest BCUT2D eigenvalue weighted by molar-refractivity contribution is 7.14. The van der Waals surface area contributed by atoms with Crippen LogP contribution in [0, 0.1) is 5.41 Å². The minimum Gasteiger partial charge on any atom is -0.497 e. The number of carbonyl (C=O) groups is 1. The van der Waals surface area contributed by atoms with Gasteiger partial charge in [0.05, 0.1) is 24.0 Å². The van der Waals surface area contributed by atoms with Gasteiger partial charge < -0.3 is 15.0 Å². The zero-order chi connectivity index (χ0) is 18.9. The summed E-state index contributed by atoms with van der Waals surface area (Å²) in [7, 11) is 1.58. The van der Waals surface area contributed by atoms with E-state index in [0.717, 1.165) is 0 Å². The molecule has 2 N–H and O–H groups in total. The van der Waals surface area contributed by atoms with Crippen molar-refractivity contribution in [3.05, 3.63) is 39.9 Å². The Balaban J connectivity index is 1.89. The van der Waals surface area contributed by atoms with Crippen LogP contribution in [0.1, 0.15) is 27.2 Å². The van der Waals surface area contributed by atoms with E-state index in [9.17, 15) is 9.59 Å². The van der Waals surface area contributed by atoms with Crippen LogP contribution >= 0.6 is 11.3 Å². The smallest absolute Gasteiger partial charge is 0.226 e. The molecule has 0 fully saturated rings. The highest BCUT2D eigenvalue weighted by atomic mass is 32.1. The molecule has 1 aromatic carbocycles. The number of aromatic amines is 1. The zero-order valence-electron chi connectivity index (χ0n) is 15.2. The Hall–Kier alpha value is -2.67. The van der Waals surface area contributed by atoms with E-state index < -0.39 is 0 Å². The van der Waals surface area contributed by atoms with Crippen LogP contribution < -0.4 is 15.5 Å². The minimum atomic E-state index is -0.0947. The van der Waals surface area contributed by atoms with Crippen molar-refractivity contribution in [1.82, 2.24) is 9.97 Å². The van der Waals surface area contributed by atoms with Crippen LogP contribution in [0.2, 0.25) is 0 Å². The molecule has 0 saturated heterocycles. The number of hydrogen-bond donors (Lipinski definition) is 2. The molecule has 0 spiro atoms. The second kappa shape index (κ2) is 6.92. The van der Waals surface area contributed by atoms with Crippen molar-refractivity contribution in [3.63, 3.8) is 0 Å². The monoisotopic (exact) mass is 371 g/mol. The van der Waals surface area contributed by atoms with Gasteiger partial charge in [0.25, 0.3) is 0 Å². The summed E-state index contributed by atoms with van der Waals surface area (Å²) >= 11 is 1.33. The van der Waals surface area contributed by atoms with E-state index in [1.807, 2.05) is 26.2 Å². The highest BCUT2D eigenvalue weighted by Crippen LogP contribution is 2.26. The molecule has 2 heterocycles. The topological polar surface area (TPSA) is 84.1 Å². The Morgan fingerprint density at radius 1 is 1.31 bits per heavy atom. The van der Waals surface area contributed by atoms with E-state index >= 15 is 0 Å². The Morgan fingerprint density at radius 2 is 2.08 bits per heavy atom. The molecule has 2 aromatic heterocycles. The molecule has 26 heavy (non-hydrogen) atoms. The van der Waals surface area contributed by atoms with Crippen molar-refractivity contribution in [2.75, 3.05) is 12.4 Å². The number of thiazole rings is 1. The molecule has 136 valence electrons. The molecule has 6 nitrogen and oxygen atoms in total. The van der Waals surface area contributed by atoms with Crippen LogP contribution in [0.3, 0.4) is 0 Å². The SMILES string of the molecule is COc1ccc2c(=O)cc(-c3csc(NC(=O)CC(C)(C)C)n3)[nH]c2c1. The first-order valence-corrected chi connectivity index (χ1v) is 9.10. The number of benzene rings is 1. The number of aromatic nitrogens is 2. The quantitative estimate of drug-likeness (QED) is 0.725. The first-order valence-electron chi connectivity index (χ1n) is 8.22. The molecule has 1 amide bonds. The molecule has 0 atom stereocenters. The average molecular weight is 371 g/mol. The minimum absolute atomic E-state index is 0.0739. The third kappa shape index (κ3) is 4.11. The normalized spacial score (nSPS) is 11.5. The predicted octanol–water partition coefficient (Wildman–Crippen LogP) is 4.03. The van der Waals surface area contributed by atoms with Crippen molar-refractivity contribution >= 4 is 33.3 Å². The molecule has 7 heteroatoms. The second-order valence-electron chi connectivity index (χ2n) is 7.28. The third-order valence-corrected chi connectivity index (χ3v) is 4.51. The first-order chi connectivity index (χ1) is 12.2. The van der Waals surface area contributed by atoms with Gasteiger partial charge >= 0.3 is 0 Å². The largest absolute Gasteiger partial charge is 0.497 e. The lowest BCUT2D eigenvalue weighted by atomic mass is 9.92. The number of nitrogens with zero attached hydrogens (tertiary/aromatic N) is 1. The van der Waals surface area contributed by atoms with Crippen LogP contribution in [0.15, 0.2) is 34.4 Å². The van der Waals surface area contributed by atoms with Gasteiger partial charge in [-0.25, -0.2) is 4.98 Å². The van der Waals surface area contributed by atoms with E-state index in [1.165, 1.54) is 17.4 Å². The number of H-pyrrole nitrogens is 1. The fraction of sp³-hybridized carbons (Fsp3) is 0.316. The number of hydrogen-bond acceptors (Lipinski definition) is 5. The van der Waals surface area contributed by atoms with E-state index in [2.05, 4.69) is 15.3 Å². The summed E-state index contributed by atoms with van der Waals surface area (Å²) in [5.41, 5.74) is 1.71. The molecule has 0 radical (unpaired) electrons. The summed E-state index contributed by atoms with van der Waals surface area (Å²) in [5.74, 6) is 0.592. The van der Waals surface area contributed by atoms with Crippen molar-refractivity contribution in [3.8, 4) is 17.1 Å². The van der Waals surface area contributed by atoms with Crippen molar-refractivity contribution in [2.24, 2.45) is 5.41 Å². The van der Waals surface area contributed by atoms with Gasteiger partial charge in [-0.2, -0.15) is 0 Å². The molecule has 0 aliphatic heterocycles. The Morgan fingerprint density at radius 3 is 2.77 bits per heavy atom. The summed E-state index contributed by atoms with van der Waals surface area (Å²) in [6.45, 7) is 6.02. The number of rotatable bonds is 4. The maximum absolute atomic E-state index is 12.4. The molecular weight excluding hydrogens is 350 g/mol. The lowest BCUT2D eigenvalue weighted by molar-refractivity contribution is -0.117. The number of ether oxygens (including phenoxy) is 1. The van der Waals surface area contributed by atoms with Crippen LogP contribution in [0.5, 0.6) is 5.75 Å². The first kappa shape index (κ1) is 18.1. The van der Waals surface area contributed by atoms with E-state index in [4.69, 9.17) is 4.74 Å². The number of nitrogens with one attached hydrogen (secondary N) is 2. The molecule has 0 saturated carbocycles. The molecule has 3 rings (SSSR count). The Kier molecular flexibility index (Phi) is 4.82. The molecule has 0 aliphatic carbocycles. The van der Waals surface area contributed by atoms with E-state index in [0.29, 0.717) is 39.6 Å². The van der Waals surface area contributed by atoms with E-state index in [-0.39, 0.29) is 16.8 Å². The molecule has 3 aromatic rings. The number of methoxy groups -OCH3 is 1. The molecular formula is C19H21N3O3S. The molecule has 0 aliphatic rings. The standard InChI is InChI=1S/C19H21N3O3S/c1-19(2,3)9-17(24)22-18-21-15(10-26-18)14-8-16(23)12-6-5-11(25-4)7-13(12)20-14/h5-8,10H,9H2,1-4H3,(H,20,23)(H,21,22,24). The Bertz CT molecular complexity index is 1010. The van der Waals surface area contributed by atoms with Gasteiger partial charge in [-0.1, -0.05) is 20.8 Å². The Labute approximate surface area is 155 Å². The van der Waals surface area contributed by atoms with Gasteiger partial charge in [0.15, 0.2) is 10.6 Å². The summed E-state index contributed by atoms with van der Waals surface area (Å²) in [5, 5.41) is 5.73. The summed E-state index contributed by atoms with van der Waals surface area (Å²) in [4.78, 5) is 32.1. The van der Waals surface area contributed by atoms with Gasteiger partial charge in [0.2, 0.25) is 5.91 Å². The summed E-state index contributed by atoms with van der Waals surface area (Å²) in [6, 6.07) is 6.78. The summed E-state index contributed by atoms with van der Waals surface area (Å²) in [6.07, 6.45) is 0.411. The fourth-order valence-electron chi connectivity index (χ4n) is 2.60. The number of carbonyl (C=O) groups excluding carboxylic acids is 1. The third-order valence-electron chi connectivity index (χ3n) is 3.75. The molecule has 0 unspecified atom stereocenters. The summed E-state index contributed by atoms with van der Waals surface area (Å²) < 4.78 is 5.21. The van der Waals surface area contributed by atoms with Crippen molar-refractivity contribution < 1.29 is 9.53 Å². The van der Waals surface area contributed by atoms with Gasteiger partial charge in [0.1, 0.15) is 5.75 Å². The van der Waals surface area contributed by atoms with Gasteiger partial charge in [-0.15, -0.1) is 11.3 Å². The van der Waals surface area contributed by atoms with Crippen LogP contribution in [0.4, 0.5) is 5.13 Å². The maximum Gasteiger partial charge on any atom is 0.226 e. The predicted molar refractivity (Wildman–Crippen MR) is 105 cm³/mol. The van der Waals surface area contributed by atoms with Gasteiger partial charge in [-0.05, 0) is 17.5 Å². The van der Waals surface area contributed by atoms with Crippen LogP contribution in [-0.4, -0.2) is 23.0 Å². The zero-order valence-corrected chi connectivity index (χ0v) is 16.0. The van der Waals surface area contributed by atoms with Crippen molar-refractivity contribution in [1.29, 1.82) is 0 Å². The fourth-order valence-corrected chi connectivity index (χ4v) is 3.32. The van der Waals surface area contributed by atoms with Crippen molar-refractivity contribution in [2.45, 2.75) is 27.2 Å². The number of amides is 1. The molecule has 0 bridgehead atoms. The highest BCUT2D eigenvalue weighted by Gasteiger charge is 2.17. The number of fused-ring (bicyclic) bond motifs is 1. The maximum atomic E-state index is 12.4. The second-order valence-corrected chi connectivity index (χ2v) is 8.14. The number of anilines is 1. The number of pyridine rings is 1. The van der Waals surface area contributed by atoms with Crippen LogP contribution in [0.25, 0.3) is 22.3 Å². The van der Waals surface area contributed by atoms with Gasteiger partial charge in [0, 0.05) is 29.3 Å². The van der Waals surface area contributed by atoms with E-state index in [1.54, 1.807) is 25.3 Å². The van der Waals surface area contributed by atoms with Crippen LogP contribution in [-0.2, 0) is 4.79 Å².